The van der Waals surface area contributed by atoms with Crippen molar-refractivity contribution in [2.24, 2.45) is 0 Å². The van der Waals surface area contributed by atoms with Gasteiger partial charge in [-0.2, -0.15) is 0 Å². The summed E-state index contributed by atoms with van der Waals surface area (Å²) in [4.78, 5) is 1.32. The highest BCUT2D eigenvalue weighted by molar-refractivity contribution is 9.10. The Labute approximate surface area is 109 Å². The van der Waals surface area contributed by atoms with Gasteiger partial charge < -0.3 is 10.1 Å². The second kappa shape index (κ2) is 6.05. The number of hydrogen-bond donors (Lipinski definition) is 1. The summed E-state index contributed by atoms with van der Waals surface area (Å²) >= 11 is 5.52. The molecule has 1 aliphatic heterocycles. The van der Waals surface area contributed by atoms with Gasteiger partial charge >= 0.3 is 0 Å². The SMILES string of the molecule is CCNCc1ccc(SC2COC2)cc1Br. The third kappa shape index (κ3) is 3.23. The van der Waals surface area contributed by atoms with Gasteiger partial charge in [0.1, 0.15) is 0 Å². The van der Waals surface area contributed by atoms with Crippen molar-refractivity contribution in [3.8, 4) is 0 Å². The molecule has 1 aromatic rings. The van der Waals surface area contributed by atoms with E-state index in [4.69, 9.17) is 4.74 Å². The van der Waals surface area contributed by atoms with E-state index in [1.807, 2.05) is 11.8 Å². The Kier molecular flexibility index (Phi) is 4.70. The maximum Gasteiger partial charge on any atom is 0.0611 e. The first-order chi connectivity index (χ1) is 7.79. The summed E-state index contributed by atoms with van der Waals surface area (Å²) in [6.45, 7) is 5.83. The summed E-state index contributed by atoms with van der Waals surface area (Å²) in [6, 6.07) is 6.59. The van der Waals surface area contributed by atoms with E-state index in [0.717, 1.165) is 26.3 Å². The Bertz CT molecular complexity index is 355. The molecule has 0 bridgehead atoms. The van der Waals surface area contributed by atoms with Gasteiger partial charge in [-0.1, -0.05) is 28.9 Å². The first kappa shape index (κ1) is 12.4. The van der Waals surface area contributed by atoms with Crippen LogP contribution in [-0.2, 0) is 11.3 Å². The molecule has 0 aromatic heterocycles. The van der Waals surface area contributed by atoms with E-state index in [1.54, 1.807) is 0 Å². The van der Waals surface area contributed by atoms with E-state index in [9.17, 15) is 0 Å². The number of hydrogen-bond acceptors (Lipinski definition) is 3. The maximum absolute atomic E-state index is 5.17. The largest absolute Gasteiger partial charge is 0.379 e. The molecular formula is C12H16BrNOS. The quantitative estimate of drug-likeness (QED) is 0.903. The van der Waals surface area contributed by atoms with Crippen LogP contribution in [0.25, 0.3) is 0 Å². The smallest absolute Gasteiger partial charge is 0.0611 e. The van der Waals surface area contributed by atoms with Crippen molar-refractivity contribution < 1.29 is 4.74 Å². The minimum absolute atomic E-state index is 0.645. The van der Waals surface area contributed by atoms with Gasteiger partial charge in [0.15, 0.2) is 0 Å². The molecule has 0 saturated carbocycles. The maximum atomic E-state index is 5.17. The summed E-state index contributed by atoms with van der Waals surface area (Å²) in [7, 11) is 0. The van der Waals surface area contributed by atoms with Crippen LogP contribution < -0.4 is 5.32 Å². The van der Waals surface area contributed by atoms with Crippen molar-refractivity contribution >= 4 is 27.7 Å². The minimum Gasteiger partial charge on any atom is -0.379 e. The summed E-state index contributed by atoms with van der Waals surface area (Å²) in [5.74, 6) is 0. The molecule has 2 nitrogen and oxygen atoms in total. The topological polar surface area (TPSA) is 21.3 Å². The summed E-state index contributed by atoms with van der Waals surface area (Å²) < 4.78 is 6.36. The zero-order valence-electron chi connectivity index (χ0n) is 9.33. The molecule has 0 spiro atoms. The Balaban J connectivity index is 1.97. The molecule has 1 fully saturated rings. The molecule has 4 heteroatoms. The zero-order chi connectivity index (χ0) is 11.4. The van der Waals surface area contributed by atoms with Crippen molar-refractivity contribution in [1.29, 1.82) is 0 Å². The van der Waals surface area contributed by atoms with Gasteiger partial charge in [0.2, 0.25) is 0 Å². The number of thioether (sulfide) groups is 1. The van der Waals surface area contributed by atoms with Crippen LogP contribution in [0.5, 0.6) is 0 Å². The molecular weight excluding hydrogens is 286 g/mol. The van der Waals surface area contributed by atoms with Crippen molar-refractivity contribution in [2.45, 2.75) is 23.6 Å². The standard InChI is InChI=1S/C12H16BrNOS/c1-2-14-6-9-3-4-10(5-12(9)13)16-11-7-15-8-11/h3-5,11,14H,2,6-8H2,1H3. The van der Waals surface area contributed by atoms with Crippen LogP contribution in [0.4, 0.5) is 0 Å². The highest BCUT2D eigenvalue weighted by Gasteiger charge is 2.19. The van der Waals surface area contributed by atoms with Crippen molar-refractivity contribution in [3.05, 3.63) is 28.2 Å². The molecule has 0 unspecified atom stereocenters. The third-order valence-corrected chi connectivity index (χ3v) is 4.37. The van der Waals surface area contributed by atoms with Crippen LogP contribution in [0, 0.1) is 0 Å². The first-order valence-electron chi connectivity index (χ1n) is 5.53. The van der Waals surface area contributed by atoms with Gasteiger partial charge in [0.25, 0.3) is 0 Å². The van der Waals surface area contributed by atoms with Gasteiger partial charge in [-0.3, -0.25) is 0 Å². The molecule has 0 radical (unpaired) electrons. The van der Waals surface area contributed by atoms with E-state index >= 15 is 0 Å². The van der Waals surface area contributed by atoms with E-state index in [1.165, 1.54) is 14.9 Å². The average molecular weight is 302 g/mol. The Hall–Kier alpha value is -0.0300. The normalized spacial score (nSPS) is 16.1. The molecule has 1 heterocycles. The number of nitrogens with one attached hydrogen (secondary N) is 1. The molecule has 1 aromatic carbocycles. The van der Waals surface area contributed by atoms with Crippen LogP contribution in [0.3, 0.4) is 0 Å². The van der Waals surface area contributed by atoms with Crippen LogP contribution in [0.1, 0.15) is 12.5 Å². The molecule has 1 saturated heterocycles. The highest BCUT2D eigenvalue weighted by atomic mass is 79.9. The zero-order valence-corrected chi connectivity index (χ0v) is 11.7. The summed E-state index contributed by atoms with van der Waals surface area (Å²) in [5, 5.41) is 3.98. The lowest BCUT2D eigenvalue weighted by Crippen LogP contribution is -2.30. The van der Waals surface area contributed by atoms with E-state index < -0.39 is 0 Å². The van der Waals surface area contributed by atoms with Crippen LogP contribution in [0.2, 0.25) is 0 Å². The van der Waals surface area contributed by atoms with Crippen molar-refractivity contribution in [1.82, 2.24) is 5.32 Å². The van der Waals surface area contributed by atoms with E-state index in [-0.39, 0.29) is 0 Å². The lowest BCUT2D eigenvalue weighted by molar-refractivity contribution is 0.0455. The molecule has 1 N–H and O–H groups in total. The van der Waals surface area contributed by atoms with Gasteiger partial charge in [-0.25, -0.2) is 0 Å². The molecule has 0 atom stereocenters. The first-order valence-corrected chi connectivity index (χ1v) is 7.20. The van der Waals surface area contributed by atoms with Gasteiger partial charge in [0, 0.05) is 15.9 Å². The number of halogens is 1. The fourth-order valence-corrected chi connectivity index (χ4v) is 3.20. The second-order valence-corrected chi connectivity index (χ2v) is 6.04. The Morgan fingerprint density at radius 2 is 2.31 bits per heavy atom. The van der Waals surface area contributed by atoms with E-state index in [2.05, 4.69) is 46.4 Å². The second-order valence-electron chi connectivity index (χ2n) is 3.81. The number of ether oxygens (including phenoxy) is 1. The molecule has 0 aliphatic carbocycles. The number of benzene rings is 1. The summed E-state index contributed by atoms with van der Waals surface area (Å²) in [6.07, 6.45) is 0. The fourth-order valence-electron chi connectivity index (χ4n) is 1.48. The van der Waals surface area contributed by atoms with Crippen LogP contribution in [0.15, 0.2) is 27.6 Å². The third-order valence-electron chi connectivity index (χ3n) is 2.50. The van der Waals surface area contributed by atoms with E-state index in [0.29, 0.717) is 5.25 Å². The van der Waals surface area contributed by atoms with Gasteiger partial charge in [0.05, 0.1) is 18.5 Å². The number of rotatable bonds is 5. The molecule has 1 aliphatic rings. The lowest BCUT2D eigenvalue weighted by atomic mass is 10.2. The molecule has 0 amide bonds. The van der Waals surface area contributed by atoms with Crippen molar-refractivity contribution in [3.63, 3.8) is 0 Å². The monoisotopic (exact) mass is 301 g/mol. The van der Waals surface area contributed by atoms with Gasteiger partial charge in [-0.15, -0.1) is 11.8 Å². The van der Waals surface area contributed by atoms with Crippen LogP contribution >= 0.6 is 27.7 Å². The van der Waals surface area contributed by atoms with Crippen LogP contribution in [-0.4, -0.2) is 25.0 Å². The minimum atomic E-state index is 0.645. The summed E-state index contributed by atoms with van der Waals surface area (Å²) in [5.41, 5.74) is 1.32. The molecule has 2 rings (SSSR count). The molecule has 88 valence electrons. The van der Waals surface area contributed by atoms with Gasteiger partial charge in [-0.05, 0) is 24.2 Å². The Morgan fingerprint density at radius 1 is 1.50 bits per heavy atom. The lowest BCUT2D eigenvalue weighted by Gasteiger charge is -2.25. The predicted octanol–water partition coefficient (Wildman–Crippen LogP) is 3.05. The fraction of sp³-hybridized carbons (Fsp3) is 0.500. The van der Waals surface area contributed by atoms with Crippen molar-refractivity contribution in [2.75, 3.05) is 19.8 Å². The average Bonchev–Trinajstić information content (AvgIpc) is 2.22. The Morgan fingerprint density at radius 3 is 2.88 bits per heavy atom. The predicted molar refractivity (Wildman–Crippen MR) is 72.0 cm³/mol. The highest BCUT2D eigenvalue weighted by Crippen LogP contribution is 2.31. The molecule has 16 heavy (non-hydrogen) atoms.